The van der Waals surface area contributed by atoms with E-state index < -0.39 is 0 Å². The van der Waals surface area contributed by atoms with Crippen LogP contribution in [0.25, 0.3) is 0 Å². The largest absolute Gasteiger partial charge is 0.352 e. The molecule has 0 aliphatic heterocycles. The van der Waals surface area contributed by atoms with Gasteiger partial charge in [0.2, 0.25) is 0 Å². The standard InChI is InChI=1S/C19H22N2OS/c1-14-6-4-7-15(12-14)19(9-2-3-10-19)13-21-17(22)16-8-5-11-20-18(16)23/h4-8,11-12H,2-3,9-10,13H2,1H3,(H,20,23)(H,21,22). The number of H-pyrrole nitrogens is 1. The summed E-state index contributed by atoms with van der Waals surface area (Å²) in [7, 11) is 0. The van der Waals surface area contributed by atoms with E-state index in [-0.39, 0.29) is 11.3 Å². The molecule has 1 heterocycles. The van der Waals surface area contributed by atoms with Crippen molar-refractivity contribution in [2.24, 2.45) is 0 Å². The van der Waals surface area contributed by atoms with Crippen LogP contribution in [-0.4, -0.2) is 17.4 Å². The van der Waals surface area contributed by atoms with Crippen molar-refractivity contribution in [2.75, 3.05) is 6.54 Å². The van der Waals surface area contributed by atoms with Gasteiger partial charge in [-0.05, 0) is 37.5 Å². The van der Waals surface area contributed by atoms with Crippen molar-refractivity contribution < 1.29 is 4.79 Å². The monoisotopic (exact) mass is 326 g/mol. The molecule has 1 aromatic heterocycles. The van der Waals surface area contributed by atoms with Gasteiger partial charge in [0.1, 0.15) is 4.64 Å². The van der Waals surface area contributed by atoms with E-state index in [1.165, 1.54) is 24.0 Å². The zero-order valence-corrected chi connectivity index (χ0v) is 14.2. The Bertz CT molecular complexity index is 760. The van der Waals surface area contributed by atoms with Gasteiger partial charge in [-0.1, -0.05) is 54.9 Å². The lowest BCUT2D eigenvalue weighted by molar-refractivity contribution is 0.0942. The van der Waals surface area contributed by atoms with E-state index in [2.05, 4.69) is 41.5 Å². The molecule has 3 nitrogen and oxygen atoms in total. The maximum atomic E-state index is 12.5. The van der Waals surface area contributed by atoms with E-state index in [1.807, 2.05) is 0 Å². The zero-order chi connectivity index (χ0) is 16.3. The number of rotatable bonds is 4. The van der Waals surface area contributed by atoms with Crippen LogP contribution in [0.5, 0.6) is 0 Å². The van der Waals surface area contributed by atoms with Gasteiger partial charge in [-0.25, -0.2) is 0 Å². The van der Waals surface area contributed by atoms with Crippen molar-refractivity contribution in [2.45, 2.75) is 38.0 Å². The van der Waals surface area contributed by atoms with Crippen LogP contribution < -0.4 is 5.32 Å². The normalized spacial score (nSPS) is 16.2. The summed E-state index contributed by atoms with van der Waals surface area (Å²) in [6.07, 6.45) is 6.42. The molecule has 0 radical (unpaired) electrons. The van der Waals surface area contributed by atoms with Gasteiger partial charge in [0, 0.05) is 18.2 Å². The molecule has 1 aromatic carbocycles. The van der Waals surface area contributed by atoms with Gasteiger partial charge in [0.25, 0.3) is 5.91 Å². The molecule has 1 aliphatic rings. The number of benzene rings is 1. The number of carbonyl (C=O) groups is 1. The molecule has 2 N–H and O–H groups in total. The lowest BCUT2D eigenvalue weighted by Crippen LogP contribution is -2.39. The second kappa shape index (κ2) is 6.67. The molecule has 0 spiro atoms. The first kappa shape index (κ1) is 15.9. The minimum atomic E-state index is -0.0919. The Kier molecular flexibility index (Phi) is 4.62. The summed E-state index contributed by atoms with van der Waals surface area (Å²) < 4.78 is 0.487. The number of aromatic amines is 1. The number of pyridine rings is 1. The van der Waals surface area contributed by atoms with Crippen LogP contribution in [0.4, 0.5) is 0 Å². The number of aryl methyl sites for hydroxylation is 1. The van der Waals surface area contributed by atoms with Crippen molar-refractivity contribution in [3.63, 3.8) is 0 Å². The zero-order valence-electron chi connectivity index (χ0n) is 13.4. The highest BCUT2D eigenvalue weighted by Gasteiger charge is 2.36. The predicted molar refractivity (Wildman–Crippen MR) is 95.3 cm³/mol. The van der Waals surface area contributed by atoms with Crippen LogP contribution in [0, 0.1) is 11.6 Å². The van der Waals surface area contributed by atoms with Crippen LogP contribution in [-0.2, 0) is 5.41 Å². The lowest BCUT2D eigenvalue weighted by atomic mass is 9.78. The van der Waals surface area contributed by atoms with Crippen molar-refractivity contribution in [3.8, 4) is 0 Å². The Morgan fingerprint density at radius 2 is 2.04 bits per heavy atom. The summed E-state index contributed by atoms with van der Waals surface area (Å²) in [6, 6.07) is 12.2. The highest BCUT2D eigenvalue weighted by Crippen LogP contribution is 2.40. The third-order valence-corrected chi connectivity index (χ3v) is 5.18. The smallest absolute Gasteiger partial charge is 0.254 e. The molecular weight excluding hydrogens is 304 g/mol. The summed E-state index contributed by atoms with van der Waals surface area (Å²) in [5.41, 5.74) is 3.21. The van der Waals surface area contributed by atoms with Crippen LogP contribution in [0.1, 0.15) is 47.2 Å². The topological polar surface area (TPSA) is 44.9 Å². The summed E-state index contributed by atoms with van der Waals surface area (Å²) in [6.45, 7) is 2.78. The molecule has 1 fully saturated rings. The fourth-order valence-electron chi connectivity index (χ4n) is 3.54. The van der Waals surface area contributed by atoms with E-state index in [0.29, 0.717) is 16.7 Å². The molecule has 1 amide bonds. The maximum absolute atomic E-state index is 12.5. The van der Waals surface area contributed by atoms with Crippen LogP contribution in [0.2, 0.25) is 0 Å². The van der Waals surface area contributed by atoms with Crippen LogP contribution >= 0.6 is 12.2 Å². The quantitative estimate of drug-likeness (QED) is 0.823. The Hall–Kier alpha value is -1.94. The molecule has 0 saturated heterocycles. The first-order valence-corrected chi connectivity index (χ1v) is 8.55. The van der Waals surface area contributed by atoms with E-state index in [4.69, 9.17) is 12.2 Å². The van der Waals surface area contributed by atoms with Gasteiger partial charge < -0.3 is 10.3 Å². The maximum Gasteiger partial charge on any atom is 0.254 e. The molecule has 3 rings (SSSR count). The van der Waals surface area contributed by atoms with Crippen molar-refractivity contribution in [1.29, 1.82) is 0 Å². The summed E-state index contributed by atoms with van der Waals surface area (Å²) in [5, 5.41) is 3.11. The molecule has 4 heteroatoms. The first-order chi connectivity index (χ1) is 11.1. The van der Waals surface area contributed by atoms with E-state index in [1.54, 1.807) is 18.3 Å². The van der Waals surface area contributed by atoms with Gasteiger partial charge in [0.05, 0.1) is 5.56 Å². The van der Waals surface area contributed by atoms with Crippen molar-refractivity contribution in [1.82, 2.24) is 10.3 Å². The van der Waals surface area contributed by atoms with E-state index >= 15 is 0 Å². The Balaban J connectivity index is 1.80. The SMILES string of the molecule is Cc1cccc(C2(CNC(=O)c3ccc[nH]c3=S)CCCC2)c1. The third kappa shape index (κ3) is 3.37. The number of carbonyl (C=O) groups excluding carboxylic acids is 1. The number of nitrogens with one attached hydrogen (secondary N) is 2. The Labute approximate surface area is 142 Å². The number of hydrogen-bond acceptors (Lipinski definition) is 2. The molecule has 0 bridgehead atoms. The summed E-state index contributed by atoms with van der Waals surface area (Å²) in [4.78, 5) is 15.4. The number of amides is 1. The van der Waals surface area contributed by atoms with Gasteiger partial charge in [-0.3, -0.25) is 4.79 Å². The Morgan fingerprint density at radius 1 is 1.26 bits per heavy atom. The van der Waals surface area contributed by atoms with E-state index in [0.717, 1.165) is 12.8 Å². The van der Waals surface area contributed by atoms with Gasteiger partial charge >= 0.3 is 0 Å². The van der Waals surface area contributed by atoms with Crippen molar-refractivity contribution in [3.05, 3.63) is 63.9 Å². The molecule has 1 saturated carbocycles. The lowest BCUT2D eigenvalue weighted by Gasteiger charge is -2.30. The van der Waals surface area contributed by atoms with Gasteiger partial charge in [-0.2, -0.15) is 0 Å². The fraction of sp³-hybridized carbons (Fsp3) is 0.368. The summed E-state index contributed by atoms with van der Waals surface area (Å²) in [5.74, 6) is -0.0919. The second-order valence-electron chi connectivity index (χ2n) is 6.45. The fourth-order valence-corrected chi connectivity index (χ4v) is 3.77. The molecule has 23 heavy (non-hydrogen) atoms. The third-order valence-electron chi connectivity index (χ3n) is 4.84. The number of hydrogen-bond donors (Lipinski definition) is 2. The van der Waals surface area contributed by atoms with Crippen LogP contribution in [0.15, 0.2) is 42.6 Å². The second-order valence-corrected chi connectivity index (χ2v) is 6.86. The average molecular weight is 326 g/mol. The van der Waals surface area contributed by atoms with E-state index in [9.17, 15) is 4.79 Å². The molecule has 120 valence electrons. The highest BCUT2D eigenvalue weighted by molar-refractivity contribution is 7.71. The minimum Gasteiger partial charge on any atom is -0.352 e. The predicted octanol–water partition coefficient (Wildman–Crippen LogP) is 4.29. The molecule has 0 unspecified atom stereocenters. The van der Waals surface area contributed by atoms with Crippen molar-refractivity contribution >= 4 is 18.1 Å². The molecule has 0 atom stereocenters. The molecule has 2 aromatic rings. The van der Waals surface area contributed by atoms with Gasteiger partial charge in [-0.15, -0.1) is 0 Å². The average Bonchev–Trinajstić information content (AvgIpc) is 3.03. The highest BCUT2D eigenvalue weighted by atomic mass is 32.1. The molecule has 1 aliphatic carbocycles. The minimum absolute atomic E-state index is 0.0573. The first-order valence-electron chi connectivity index (χ1n) is 8.14. The van der Waals surface area contributed by atoms with Gasteiger partial charge in [0.15, 0.2) is 0 Å². The summed E-state index contributed by atoms with van der Waals surface area (Å²) >= 11 is 5.20. The molecular formula is C19H22N2OS. The van der Waals surface area contributed by atoms with Crippen LogP contribution in [0.3, 0.4) is 0 Å². The number of aromatic nitrogens is 1. The Morgan fingerprint density at radius 3 is 2.74 bits per heavy atom.